The van der Waals surface area contributed by atoms with E-state index in [1.807, 2.05) is 18.2 Å². The van der Waals surface area contributed by atoms with Crippen molar-refractivity contribution in [3.8, 4) is 5.75 Å². The molecule has 2 nitrogen and oxygen atoms in total. The third-order valence-corrected chi connectivity index (χ3v) is 3.07. The summed E-state index contributed by atoms with van der Waals surface area (Å²) in [4.78, 5) is 0. The van der Waals surface area contributed by atoms with Gasteiger partial charge in [-0.05, 0) is 30.2 Å². The van der Waals surface area contributed by atoms with E-state index in [2.05, 4.69) is 48.6 Å². The van der Waals surface area contributed by atoms with Crippen molar-refractivity contribution in [2.75, 3.05) is 7.11 Å². The molecule has 0 aliphatic heterocycles. The van der Waals surface area contributed by atoms with Gasteiger partial charge in [-0.15, -0.1) is 0 Å². The molecule has 94 valence electrons. The number of hydrogen-bond donors (Lipinski definition) is 1. The first-order chi connectivity index (χ1) is 8.79. The molecule has 0 spiro atoms. The molecule has 0 fully saturated rings. The van der Waals surface area contributed by atoms with Gasteiger partial charge in [0.2, 0.25) is 0 Å². The first-order valence-corrected chi connectivity index (χ1v) is 6.21. The minimum atomic E-state index is 0.330. The number of rotatable bonds is 5. The standard InChI is InChI=1S/C16H19NO/c1-13(15-8-10-16(18-2)11-9-15)17-12-14-6-4-3-5-7-14/h3-11,13,17H,12H2,1-2H3/t13-/m0/s1. The Kier molecular flexibility index (Phi) is 4.37. The second-order valence-corrected chi connectivity index (χ2v) is 4.36. The molecule has 1 N–H and O–H groups in total. The van der Waals surface area contributed by atoms with E-state index in [4.69, 9.17) is 4.74 Å². The van der Waals surface area contributed by atoms with Crippen LogP contribution in [0.5, 0.6) is 5.75 Å². The van der Waals surface area contributed by atoms with Crippen LogP contribution < -0.4 is 10.1 Å². The van der Waals surface area contributed by atoms with Crippen LogP contribution in [0.3, 0.4) is 0 Å². The van der Waals surface area contributed by atoms with Gasteiger partial charge in [0.05, 0.1) is 7.11 Å². The largest absolute Gasteiger partial charge is 0.497 e. The molecule has 0 aromatic heterocycles. The minimum absolute atomic E-state index is 0.330. The molecule has 0 heterocycles. The molecule has 2 aromatic rings. The van der Waals surface area contributed by atoms with Gasteiger partial charge in [-0.1, -0.05) is 42.5 Å². The van der Waals surface area contributed by atoms with E-state index < -0.39 is 0 Å². The van der Waals surface area contributed by atoms with Crippen molar-refractivity contribution in [2.45, 2.75) is 19.5 Å². The number of nitrogens with one attached hydrogen (secondary N) is 1. The zero-order chi connectivity index (χ0) is 12.8. The number of hydrogen-bond acceptors (Lipinski definition) is 2. The lowest BCUT2D eigenvalue weighted by Crippen LogP contribution is -2.17. The highest BCUT2D eigenvalue weighted by atomic mass is 16.5. The van der Waals surface area contributed by atoms with E-state index >= 15 is 0 Å². The summed E-state index contributed by atoms with van der Waals surface area (Å²) < 4.78 is 5.16. The monoisotopic (exact) mass is 241 g/mol. The Morgan fingerprint density at radius 2 is 1.67 bits per heavy atom. The molecule has 2 heteroatoms. The Labute approximate surface area is 109 Å². The Hall–Kier alpha value is -1.80. The maximum atomic E-state index is 5.16. The Morgan fingerprint density at radius 3 is 2.28 bits per heavy atom. The van der Waals surface area contributed by atoms with Crippen LogP contribution in [0.2, 0.25) is 0 Å². The third kappa shape index (κ3) is 3.34. The average Bonchev–Trinajstić information content (AvgIpc) is 2.46. The summed E-state index contributed by atoms with van der Waals surface area (Å²) in [6.07, 6.45) is 0. The summed E-state index contributed by atoms with van der Waals surface area (Å²) in [6.45, 7) is 3.05. The molecule has 0 unspecified atom stereocenters. The van der Waals surface area contributed by atoms with Crippen molar-refractivity contribution in [1.29, 1.82) is 0 Å². The summed E-state index contributed by atoms with van der Waals surface area (Å²) >= 11 is 0. The number of ether oxygens (including phenoxy) is 1. The van der Waals surface area contributed by atoms with Crippen molar-refractivity contribution in [1.82, 2.24) is 5.32 Å². The second-order valence-electron chi connectivity index (χ2n) is 4.36. The van der Waals surface area contributed by atoms with Gasteiger partial charge < -0.3 is 10.1 Å². The van der Waals surface area contributed by atoms with E-state index in [-0.39, 0.29) is 0 Å². The first-order valence-electron chi connectivity index (χ1n) is 6.21. The SMILES string of the molecule is COc1ccc([C@H](C)NCc2ccccc2)cc1. The van der Waals surface area contributed by atoms with E-state index in [0.29, 0.717) is 6.04 Å². The van der Waals surface area contributed by atoms with Gasteiger partial charge in [-0.3, -0.25) is 0 Å². The smallest absolute Gasteiger partial charge is 0.118 e. The predicted molar refractivity (Wildman–Crippen MR) is 74.7 cm³/mol. The normalized spacial score (nSPS) is 12.1. The van der Waals surface area contributed by atoms with E-state index in [0.717, 1.165) is 12.3 Å². The summed E-state index contributed by atoms with van der Waals surface area (Å²) in [5.74, 6) is 0.897. The number of benzene rings is 2. The maximum absolute atomic E-state index is 5.16. The van der Waals surface area contributed by atoms with Crippen molar-refractivity contribution in [3.63, 3.8) is 0 Å². The second kappa shape index (κ2) is 6.22. The van der Waals surface area contributed by atoms with E-state index in [9.17, 15) is 0 Å². The zero-order valence-corrected chi connectivity index (χ0v) is 10.9. The molecule has 0 aliphatic rings. The van der Waals surface area contributed by atoms with Crippen LogP contribution in [0.25, 0.3) is 0 Å². The Bertz CT molecular complexity index is 464. The molecule has 0 saturated heterocycles. The zero-order valence-electron chi connectivity index (χ0n) is 10.9. The fourth-order valence-electron chi connectivity index (χ4n) is 1.88. The average molecular weight is 241 g/mol. The summed E-state index contributed by atoms with van der Waals surface area (Å²) in [5, 5.41) is 3.51. The van der Waals surface area contributed by atoms with Gasteiger partial charge in [0.15, 0.2) is 0 Å². The topological polar surface area (TPSA) is 21.3 Å². The van der Waals surface area contributed by atoms with Gasteiger partial charge >= 0.3 is 0 Å². The highest BCUT2D eigenvalue weighted by molar-refractivity contribution is 5.29. The Morgan fingerprint density at radius 1 is 1.00 bits per heavy atom. The quantitative estimate of drug-likeness (QED) is 0.864. The van der Waals surface area contributed by atoms with Crippen molar-refractivity contribution >= 4 is 0 Å². The van der Waals surface area contributed by atoms with Crippen LogP contribution in [0.1, 0.15) is 24.1 Å². The first kappa shape index (κ1) is 12.7. The predicted octanol–water partition coefficient (Wildman–Crippen LogP) is 3.55. The lowest BCUT2D eigenvalue weighted by molar-refractivity contribution is 0.414. The minimum Gasteiger partial charge on any atom is -0.497 e. The molecular weight excluding hydrogens is 222 g/mol. The molecule has 0 saturated carbocycles. The van der Waals surface area contributed by atoms with Crippen LogP contribution in [-0.2, 0) is 6.54 Å². The van der Waals surface area contributed by atoms with E-state index in [1.54, 1.807) is 7.11 Å². The molecule has 0 amide bonds. The maximum Gasteiger partial charge on any atom is 0.118 e. The summed E-state index contributed by atoms with van der Waals surface area (Å²) in [5.41, 5.74) is 2.57. The van der Waals surface area contributed by atoms with Crippen LogP contribution >= 0.6 is 0 Å². The molecular formula is C16H19NO. The fourth-order valence-corrected chi connectivity index (χ4v) is 1.88. The molecule has 2 rings (SSSR count). The van der Waals surface area contributed by atoms with Crippen LogP contribution in [0.15, 0.2) is 54.6 Å². The molecule has 0 aliphatic carbocycles. The van der Waals surface area contributed by atoms with Crippen molar-refractivity contribution in [3.05, 3.63) is 65.7 Å². The van der Waals surface area contributed by atoms with Gasteiger partial charge in [0, 0.05) is 12.6 Å². The molecule has 1 atom stereocenters. The van der Waals surface area contributed by atoms with Gasteiger partial charge in [-0.25, -0.2) is 0 Å². The fraction of sp³-hybridized carbons (Fsp3) is 0.250. The van der Waals surface area contributed by atoms with Crippen LogP contribution in [-0.4, -0.2) is 7.11 Å². The molecule has 0 radical (unpaired) electrons. The molecule has 2 aromatic carbocycles. The highest BCUT2D eigenvalue weighted by Gasteiger charge is 2.04. The third-order valence-electron chi connectivity index (χ3n) is 3.07. The van der Waals surface area contributed by atoms with E-state index in [1.165, 1.54) is 11.1 Å². The molecule has 18 heavy (non-hydrogen) atoms. The lowest BCUT2D eigenvalue weighted by Gasteiger charge is -2.14. The summed E-state index contributed by atoms with van der Waals surface area (Å²) in [6, 6.07) is 19.0. The summed E-state index contributed by atoms with van der Waals surface area (Å²) in [7, 11) is 1.69. The lowest BCUT2D eigenvalue weighted by atomic mass is 10.1. The van der Waals surface area contributed by atoms with Gasteiger partial charge in [0.1, 0.15) is 5.75 Å². The molecule has 0 bridgehead atoms. The van der Waals surface area contributed by atoms with Crippen LogP contribution in [0, 0.1) is 0 Å². The highest BCUT2D eigenvalue weighted by Crippen LogP contribution is 2.17. The number of methoxy groups -OCH3 is 1. The van der Waals surface area contributed by atoms with Gasteiger partial charge in [0.25, 0.3) is 0 Å². The van der Waals surface area contributed by atoms with Crippen molar-refractivity contribution < 1.29 is 4.74 Å². The Balaban J connectivity index is 1.93. The van der Waals surface area contributed by atoms with Crippen molar-refractivity contribution in [2.24, 2.45) is 0 Å². The van der Waals surface area contributed by atoms with Crippen LogP contribution in [0.4, 0.5) is 0 Å². The van der Waals surface area contributed by atoms with Gasteiger partial charge in [-0.2, -0.15) is 0 Å².